The zero-order valence-electron chi connectivity index (χ0n) is 15.5. The molecule has 0 radical (unpaired) electrons. The molecule has 2 aromatic heterocycles. The lowest BCUT2D eigenvalue weighted by molar-refractivity contribution is -0.116. The number of imidazole rings is 1. The molecule has 2 aromatic carbocycles. The van der Waals surface area contributed by atoms with Gasteiger partial charge >= 0.3 is 0 Å². The van der Waals surface area contributed by atoms with Gasteiger partial charge in [-0.05, 0) is 48.4 Å². The highest BCUT2D eigenvalue weighted by molar-refractivity contribution is 5.90. The number of aromatic nitrogens is 3. The van der Waals surface area contributed by atoms with E-state index >= 15 is 0 Å². The molecule has 28 heavy (non-hydrogen) atoms. The Hall–Kier alpha value is -3.67. The standard InChI is InChI=1S/C22H20N4O2/c1-28-18-6-4-5-16(13-18)9-12-22(27)25-17-10-11-21(23-14-17)26-15-24-19-7-2-3-8-20(19)26/h2-8,10-11,13-15H,9,12H2,1H3,(H,25,27). The summed E-state index contributed by atoms with van der Waals surface area (Å²) in [4.78, 5) is 21.1. The fourth-order valence-electron chi connectivity index (χ4n) is 3.05. The molecule has 0 aliphatic rings. The van der Waals surface area contributed by atoms with E-state index in [9.17, 15) is 4.79 Å². The van der Waals surface area contributed by atoms with E-state index in [0.29, 0.717) is 18.5 Å². The van der Waals surface area contributed by atoms with Crippen LogP contribution in [0.2, 0.25) is 0 Å². The second kappa shape index (κ2) is 7.92. The Labute approximate surface area is 162 Å². The van der Waals surface area contributed by atoms with E-state index in [-0.39, 0.29) is 5.91 Å². The zero-order valence-corrected chi connectivity index (χ0v) is 15.5. The van der Waals surface area contributed by atoms with Crippen LogP contribution in [0.3, 0.4) is 0 Å². The topological polar surface area (TPSA) is 69.0 Å². The molecule has 2 heterocycles. The van der Waals surface area contributed by atoms with Gasteiger partial charge in [0.15, 0.2) is 0 Å². The molecule has 4 aromatic rings. The predicted octanol–water partition coefficient (Wildman–Crippen LogP) is 4.00. The van der Waals surface area contributed by atoms with Crippen LogP contribution in [0.4, 0.5) is 5.69 Å². The van der Waals surface area contributed by atoms with Crippen molar-refractivity contribution in [2.75, 3.05) is 12.4 Å². The molecule has 0 saturated heterocycles. The SMILES string of the molecule is COc1cccc(CCC(=O)Nc2ccc(-n3cnc4ccccc43)nc2)c1. The number of benzene rings is 2. The highest BCUT2D eigenvalue weighted by atomic mass is 16.5. The van der Waals surface area contributed by atoms with Crippen LogP contribution >= 0.6 is 0 Å². The smallest absolute Gasteiger partial charge is 0.224 e. The maximum atomic E-state index is 12.2. The molecule has 140 valence electrons. The van der Waals surface area contributed by atoms with Crippen molar-refractivity contribution in [2.45, 2.75) is 12.8 Å². The Morgan fingerprint density at radius 1 is 1.07 bits per heavy atom. The molecule has 0 bridgehead atoms. The number of hydrogen-bond donors (Lipinski definition) is 1. The second-order valence-corrected chi connectivity index (χ2v) is 6.41. The Bertz CT molecular complexity index is 1100. The molecule has 0 spiro atoms. The first kappa shape index (κ1) is 17.7. The average Bonchev–Trinajstić information content (AvgIpc) is 3.17. The van der Waals surface area contributed by atoms with Crippen molar-refractivity contribution >= 4 is 22.6 Å². The Balaban J connectivity index is 1.39. The van der Waals surface area contributed by atoms with E-state index < -0.39 is 0 Å². The van der Waals surface area contributed by atoms with Gasteiger partial charge in [-0.3, -0.25) is 9.36 Å². The molecule has 4 rings (SSSR count). The number of para-hydroxylation sites is 2. The summed E-state index contributed by atoms with van der Waals surface area (Å²) < 4.78 is 7.13. The van der Waals surface area contributed by atoms with Crippen molar-refractivity contribution in [3.8, 4) is 11.6 Å². The van der Waals surface area contributed by atoms with Gasteiger partial charge in [-0.1, -0.05) is 24.3 Å². The first-order chi connectivity index (χ1) is 13.7. The molecular weight excluding hydrogens is 352 g/mol. The van der Waals surface area contributed by atoms with Gasteiger partial charge in [-0.2, -0.15) is 0 Å². The predicted molar refractivity (Wildman–Crippen MR) is 109 cm³/mol. The minimum absolute atomic E-state index is 0.0505. The largest absolute Gasteiger partial charge is 0.497 e. The molecule has 0 fully saturated rings. The number of nitrogens with one attached hydrogen (secondary N) is 1. The molecule has 0 unspecified atom stereocenters. The second-order valence-electron chi connectivity index (χ2n) is 6.41. The number of carbonyl (C=O) groups excluding carboxylic acids is 1. The van der Waals surface area contributed by atoms with Gasteiger partial charge in [0.1, 0.15) is 17.9 Å². The maximum absolute atomic E-state index is 12.2. The van der Waals surface area contributed by atoms with E-state index in [0.717, 1.165) is 28.2 Å². The molecule has 0 atom stereocenters. The summed E-state index contributed by atoms with van der Waals surface area (Å²) in [6, 6.07) is 19.3. The molecule has 0 aliphatic heterocycles. The Morgan fingerprint density at radius 2 is 1.96 bits per heavy atom. The normalized spacial score (nSPS) is 10.8. The summed E-state index contributed by atoms with van der Waals surface area (Å²) >= 11 is 0. The quantitative estimate of drug-likeness (QED) is 0.555. The number of pyridine rings is 1. The molecule has 0 saturated carbocycles. The summed E-state index contributed by atoms with van der Waals surface area (Å²) in [5, 5.41) is 2.89. The average molecular weight is 372 g/mol. The van der Waals surface area contributed by atoms with Gasteiger partial charge in [-0.25, -0.2) is 9.97 Å². The van der Waals surface area contributed by atoms with Gasteiger partial charge in [0.2, 0.25) is 5.91 Å². The van der Waals surface area contributed by atoms with Crippen molar-refractivity contribution in [3.05, 3.63) is 78.8 Å². The molecule has 0 aliphatic carbocycles. The van der Waals surface area contributed by atoms with Crippen molar-refractivity contribution in [1.29, 1.82) is 0 Å². The monoisotopic (exact) mass is 372 g/mol. The summed E-state index contributed by atoms with van der Waals surface area (Å²) in [7, 11) is 1.63. The van der Waals surface area contributed by atoms with E-state index in [1.54, 1.807) is 19.6 Å². The minimum Gasteiger partial charge on any atom is -0.497 e. The molecule has 6 heteroatoms. The van der Waals surface area contributed by atoms with Gasteiger partial charge in [0, 0.05) is 6.42 Å². The van der Waals surface area contributed by atoms with E-state index in [2.05, 4.69) is 15.3 Å². The molecule has 6 nitrogen and oxygen atoms in total. The summed E-state index contributed by atoms with van der Waals surface area (Å²) in [5.74, 6) is 1.50. The molecule has 1 amide bonds. The van der Waals surface area contributed by atoms with Crippen LogP contribution in [0.15, 0.2) is 73.2 Å². The van der Waals surface area contributed by atoms with Gasteiger partial charge in [0.25, 0.3) is 0 Å². The maximum Gasteiger partial charge on any atom is 0.224 e. The Kier molecular flexibility index (Phi) is 5.01. The molecule has 1 N–H and O–H groups in total. The first-order valence-electron chi connectivity index (χ1n) is 9.04. The number of amides is 1. The highest BCUT2D eigenvalue weighted by Crippen LogP contribution is 2.18. The van der Waals surface area contributed by atoms with Crippen molar-refractivity contribution in [1.82, 2.24) is 14.5 Å². The van der Waals surface area contributed by atoms with Crippen molar-refractivity contribution in [2.24, 2.45) is 0 Å². The fourth-order valence-corrected chi connectivity index (χ4v) is 3.05. The van der Waals surface area contributed by atoms with Crippen LogP contribution in [0, 0.1) is 0 Å². The number of nitrogens with zero attached hydrogens (tertiary/aromatic N) is 3. The fraction of sp³-hybridized carbons (Fsp3) is 0.136. The number of ether oxygens (including phenoxy) is 1. The first-order valence-corrected chi connectivity index (χ1v) is 9.04. The highest BCUT2D eigenvalue weighted by Gasteiger charge is 2.07. The number of hydrogen-bond acceptors (Lipinski definition) is 4. The number of fused-ring (bicyclic) bond motifs is 1. The van der Waals surface area contributed by atoms with Gasteiger partial charge in [-0.15, -0.1) is 0 Å². The van der Waals surface area contributed by atoms with Crippen LogP contribution in [-0.2, 0) is 11.2 Å². The van der Waals surface area contributed by atoms with E-state index in [1.807, 2.05) is 65.2 Å². The number of anilines is 1. The number of carbonyl (C=O) groups is 1. The number of rotatable bonds is 6. The lowest BCUT2D eigenvalue weighted by Gasteiger charge is -2.08. The van der Waals surface area contributed by atoms with E-state index in [1.165, 1.54) is 0 Å². The van der Waals surface area contributed by atoms with Crippen molar-refractivity contribution < 1.29 is 9.53 Å². The van der Waals surface area contributed by atoms with Crippen molar-refractivity contribution in [3.63, 3.8) is 0 Å². The summed E-state index contributed by atoms with van der Waals surface area (Å²) in [5.41, 5.74) is 3.64. The van der Waals surface area contributed by atoms with Crippen LogP contribution in [0.25, 0.3) is 16.9 Å². The van der Waals surface area contributed by atoms with Crippen LogP contribution < -0.4 is 10.1 Å². The third kappa shape index (κ3) is 3.86. The third-order valence-corrected chi connectivity index (χ3v) is 4.51. The summed E-state index contributed by atoms with van der Waals surface area (Å²) in [6.45, 7) is 0. The lowest BCUT2D eigenvalue weighted by atomic mass is 10.1. The van der Waals surface area contributed by atoms with Crippen LogP contribution in [0.1, 0.15) is 12.0 Å². The molecular formula is C22H20N4O2. The van der Waals surface area contributed by atoms with E-state index in [4.69, 9.17) is 4.74 Å². The van der Waals surface area contributed by atoms with Gasteiger partial charge in [0.05, 0.1) is 30.0 Å². The van der Waals surface area contributed by atoms with Gasteiger partial charge < -0.3 is 10.1 Å². The number of aryl methyl sites for hydroxylation is 1. The third-order valence-electron chi connectivity index (χ3n) is 4.51. The minimum atomic E-state index is -0.0505. The van der Waals surface area contributed by atoms with Crippen LogP contribution in [0.5, 0.6) is 5.75 Å². The van der Waals surface area contributed by atoms with Crippen LogP contribution in [-0.4, -0.2) is 27.6 Å². The lowest BCUT2D eigenvalue weighted by Crippen LogP contribution is -2.12. The number of methoxy groups -OCH3 is 1. The Morgan fingerprint density at radius 3 is 2.79 bits per heavy atom. The zero-order chi connectivity index (χ0) is 19.3. The summed E-state index contributed by atoms with van der Waals surface area (Å²) in [6.07, 6.45) is 4.45.